The molecule has 0 aliphatic heterocycles. The fourth-order valence-corrected chi connectivity index (χ4v) is 2.46. The maximum Gasteiger partial charge on any atom is 0.125 e. The third-order valence-corrected chi connectivity index (χ3v) is 3.95. The minimum absolute atomic E-state index is 0.436. The van der Waals surface area contributed by atoms with Crippen LogP contribution in [0.3, 0.4) is 0 Å². The Balaban J connectivity index is 4.64. The molecule has 0 aromatic carbocycles. The van der Waals surface area contributed by atoms with E-state index in [4.69, 9.17) is 0 Å². The molecule has 0 fully saturated rings. The molecule has 0 N–H and O–H groups in total. The summed E-state index contributed by atoms with van der Waals surface area (Å²) in [5, 5.41) is 0. The van der Waals surface area contributed by atoms with E-state index < -0.39 is 0 Å². The molecule has 0 saturated carbocycles. The van der Waals surface area contributed by atoms with Crippen LogP contribution in [-0.2, 0) is 0 Å². The molecule has 90 valence electrons. The van der Waals surface area contributed by atoms with Crippen LogP contribution in [-0.4, -0.2) is 7.28 Å². The van der Waals surface area contributed by atoms with Gasteiger partial charge in [-0.1, -0.05) is 73.9 Å². The third kappa shape index (κ3) is 5.09. The first-order valence-corrected chi connectivity index (χ1v) is 6.60. The van der Waals surface area contributed by atoms with Gasteiger partial charge in [0.2, 0.25) is 0 Å². The lowest BCUT2D eigenvalue weighted by atomic mass is 9.46. The standard InChI is InChI=1S/C14H31B/c1-9-10-15-12(14(6,7)8)11(2)13(3,4)5/h11-12,15H,9-10H2,1-8H3. The molecule has 1 heteroatoms. The van der Waals surface area contributed by atoms with Gasteiger partial charge >= 0.3 is 0 Å². The van der Waals surface area contributed by atoms with E-state index in [9.17, 15) is 0 Å². The molecule has 2 atom stereocenters. The molecule has 0 aliphatic rings. The van der Waals surface area contributed by atoms with Crippen molar-refractivity contribution in [1.29, 1.82) is 0 Å². The Bertz CT molecular complexity index is 171. The maximum atomic E-state index is 2.44. The SMILES string of the molecule is CCCBC(C(C)C(C)(C)C)C(C)(C)C. The van der Waals surface area contributed by atoms with Crippen LogP contribution in [0.1, 0.15) is 61.8 Å². The molecular weight excluding hydrogens is 179 g/mol. The lowest BCUT2D eigenvalue weighted by molar-refractivity contribution is 0.181. The first kappa shape index (κ1) is 15.1. The van der Waals surface area contributed by atoms with Crippen molar-refractivity contribution in [2.24, 2.45) is 16.7 Å². The summed E-state index contributed by atoms with van der Waals surface area (Å²) in [5.74, 6) is 1.64. The van der Waals surface area contributed by atoms with Gasteiger partial charge in [-0.25, -0.2) is 0 Å². The van der Waals surface area contributed by atoms with Gasteiger partial charge in [-0.15, -0.1) is 0 Å². The Morgan fingerprint density at radius 1 is 0.933 bits per heavy atom. The maximum absolute atomic E-state index is 2.44. The van der Waals surface area contributed by atoms with Gasteiger partial charge in [0, 0.05) is 0 Å². The first-order valence-electron chi connectivity index (χ1n) is 6.60. The highest BCUT2D eigenvalue weighted by Crippen LogP contribution is 2.45. The monoisotopic (exact) mass is 210 g/mol. The van der Waals surface area contributed by atoms with Crippen LogP contribution in [0.2, 0.25) is 12.1 Å². The number of rotatable bonds is 4. The fraction of sp³-hybridized carbons (Fsp3) is 1.00. The van der Waals surface area contributed by atoms with E-state index in [0.29, 0.717) is 10.8 Å². The highest BCUT2D eigenvalue weighted by atomic mass is 14.4. The summed E-state index contributed by atoms with van der Waals surface area (Å²) in [7, 11) is 1.39. The van der Waals surface area contributed by atoms with Gasteiger partial charge in [0.1, 0.15) is 7.28 Å². The lowest BCUT2D eigenvalue weighted by Crippen LogP contribution is -2.33. The van der Waals surface area contributed by atoms with Crippen LogP contribution < -0.4 is 0 Å². The van der Waals surface area contributed by atoms with E-state index in [1.165, 1.54) is 20.0 Å². The van der Waals surface area contributed by atoms with Gasteiger partial charge in [0.15, 0.2) is 0 Å². The Labute approximate surface area is 98.5 Å². The normalized spacial score (nSPS) is 17.3. The van der Waals surface area contributed by atoms with E-state index in [1.54, 1.807) is 0 Å². The summed E-state index contributed by atoms with van der Waals surface area (Å²) >= 11 is 0. The topological polar surface area (TPSA) is 0 Å². The van der Waals surface area contributed by atoms with Crippen LogP contribution in [0.4, 0.5) is 0 Å². The number of hydrogen-bond acceptors (Lipinski definition) is 0. The van der Waals surface area contributed by atoms with Gasteiger partial charge < -0.3 is 0 Å². The van der Waals surface area contributed by atoms with E-state index in [2.05, 4.69) is 55.4 Å². The van der Waals surface area contributed by atoms with Gasteiger partial charge in [0.25, 0.3) is 0 Å². The molecule has 0 aromatic heterocycles. The third-order valence-electron chi connectivity index (χ3n) is 3.95. The second kappa shape index (κ2) is 5.41. The van der Waals surface area contributed by atoms with Crippen LogP contribution in [0.25, 0.3) is 0 Å². The highest BCUT2D eigenvalue weighted by Gasteiger charge is 2.35. The molecule has 0 nitrogen and oxygen atoms in total. The summed E-state index contributed by atoms with van der Waals surface area (Å²) < 4.78 is 0. The van der Waals surface area contributed by atoms with Crippen molar-refractivity contribution < 1.29 is 0 Å². The quantitative estimate of drug-likeness (QED) is 0.586. The Morgan fingerprint density at radius 3 is 1.67 bits per heavy atom. The fourth-order valence-electron chi connectivity index (χ4n) is 2.46. The van der Waals surface area contributed by atoms with Gasteiger partial charge in [0.05, 0.1) is 0 Å². The van der Waals surface area contributed by atoms with E-state index in [1.807, 2.05) is 0 Å². The van der Waals surface area contributed by atoms with Crippen molar-refractivity contribution in [3.8, 4) is 0 Å². The predicted molar refractivity (Wildman–Crippen MR) is 74.1 cm³/mol. The van der Waals surface area contributed by atoms with E-state index in [0.717, 1.165) is 11.7 Å². The minimum Gasteiger partial charge on any atom is -0.0774 e. The second-order valence-electron chi connectivity index (χ2n) is 7.27. The van der Waals surface area contributed by atoms with Crippen LogP contribution in [0.15, 0.2) is 0 Å². The highest BCUT2D eigenvalue weighted by molar-refractivity contribution is 6.38. The predicted octanol–water partition coefficient (Wildman–Crippen LogP) is 4.77. The minimum atomic E-state index is 0.436. The molecule has 0 amide bonds. The average molecular weight is 210 g/mol. The molecule has 0 saturated heterocycles. The molecule has 2 unspecified atom stereocenters. The van der Waals surface area contributed by atoms with Gasteiger partial charge in [-0.05, 0) is 16.7 Å². The summed E-state index contributed by atoms with van der Waals surface area (Å²) in [6, 6.07) is 0. The zero-order valence-corrected chi connectivity index (χ0v) is 12.3. The summed E-state index contributed by atoms with van der Waals surface area (Å²) in [6.07, 6.45) is 2.70. The van der Waals surface area contributed by atoms with Gasteiger partial charge in [-0.3, -0.25) is 0 Å². The molecular formula is C14H31B. The summed E-state index contributed by atoms with van der Waals surface area (Å²) in [5.41, 5.74) is 0.882. The molecule has 15 heavy (non-hydrogen) atoms. The molecule has 0 aromatic rings. The van der Waals surface area contributed by atoms with Crippen molar-refractivity contribution in [2.45, 2.75) is 73.9 Å². The number of hydrogen-bond donors (Lipinski definition) is 0. The molecule has 0 bridgehead atoms. The largest absolute Gasteiger partial charge is 0.125 e. The summed E-state index contributed by atoms with van der Waals surface area (Å²) in [4.78, 5) is 0. The van der Waals surface area contributed by atoms with E-state index >= 15 is 0 Å². The molecule has 0 aliphatic carbocycles. The van der Waals surface area contributed by atoms with Crippen molar-refractivity contribution in [3.63, 3.8) is 0 Å². The first-order chi connectivity index (χ1) is 6.60. The second-order valence-corrected chi connectivity index (χ2v) is 7.27. The van der Waals surface area contributed by atoms with Crippen LogP contribution in [0, 0.1) is 16.7 Å². The molecule has 0 heterocycles. The lowest BCUT2D eigenvalue weighted by Gasteiger charge is -2.42. The van der Waals surface area contributed by atoms with Crippen LogP contribution >= 0.6 is 0 Å². The van der Waals surface area contributed by atoms with Gasteiger partial charge in [-0.2, -0.15) is 0 Å². The Morgan fingerprint density at radius 2 is 1.40 bits per heavy atom. The Hall–Kier alpha value is 0.0649. The zero-order chi connectivity index (χ0) is 12.3. The van der Waals surface area contributed by atoms with Crippen molar-refractivity contribution in [2.75, 3.05) is 0 Å². The van der Waals surface area contributed by atoms with Crippen molar-refractivity contribution in [3.05, 3.63) is 0 Å². The summed E-state index contributed by atoms with van der Waals surface area (Å²) in [6.45, 7) is 19.1. The zero-order valence-electron chi connectivity index (χ0n) is 12.3. The van der Waals surface area contributed by atoms with Crippen molar-refractivity contribution >= 4 is 7.28 Å². The molecule has 0 spiro atoms. The molecule has 0 rings (SSSR count). The molecule has 0 radical (unpaired) electrons. The average Bonchev–Trinajstić information content (AvgIpc) is 2.00. The van der Waals surface area contributed by atoms with Crippen LogP contribution in [0.5, 0.6) is 0 Å². The van der Waals surface area contributed by atoms with Crippen molar-refractivity contribution in [1.82, 2.24) is 0 Å². The van der Waals surface area contributed by atoms with E-state index in [-0.39, 0.29) is 0 Å². The smallest absolute Gasteiger partial charge is 0.0774 e. The Kier molecular flexibility index (Phi) is 5.43.